The van der Waals surface area contributed by atoms with Gasteiger partial charge in [-0.05, 0) is 41.7 Å². The number of hydrogen-bond donors (Lipinski definition) is 1. The third kappa shape index (κ3) is 4.65. The molecule has 2 aromatic carbocycles. The third-order valence-electron chi connectivity index (χ3n) is 4.93. The van der Waals surface area contributed by atoms with Crippen molar-refractivity contribution in [2.24, 2.45) is 0 Å². The Labute approximate surface area is 174 Å². The van der Waals surface area contributed by atoms with Crippen molar-refractivity contribution in [2.75, 3.05) is 19.1 Å². The minimum absolute atomic E-state index is 0.167. The highest BCUT2D eigenvalue weighted by atomic mass is 35.5. The van der Waals surface area contributed by atoms with E-state index in [9.17, 15) is 4.79 Å². The van der Waals surface area contributed by atoms with Crippen LogP contribution in [-0.2, 0) is 10.5 Å². The minimum Gasteiger partial charge on any atom is -0.454 e. The van der Waals surface area contributed by atoms with Gasteiger partial charge in [-0.25, -0.2) is 0 Å². The summed E-state index contributed by atoms with van der Waals surface area (Å²) in [4.78, 5) is 12.2. The second kappa shape index (κ2) is 8.93. The number of thioether (sulfide) groups is 1. The summed E-state index contributed by atoms with van der Waals surface area (Å²) >= 11 is 8.02. The summed E-state index contributed by atoms with van der Waals surface area (Å²) in [5.41, 5.74) is 3.29. The smallest absolute Gasteiger partial charge is 0.231 e. The molecular weight excluding hydrogens is 394 g/mol. The monoisotopic (exact) mass is 415 g/mol. The lowest BCUT2D eigenvalue weighted by molar-refractivity contribution is -0.115. The first-order valence-electron chi connectivity index (χ1n) is 9.37. The highest BCUT2D eigenvalue weighted by Crippen LogP contribution is 2.38. The zero-order chi connectivity index (χ0) is 19.3. The summed E-state index contributed by atoms with van der Waals surface area (Å²) in [6.45, 7) is 1.09. The van der Waals surface area contributed by atoms with Crippen molar-refractivity contribution < 1.29 is 14.3 Å². The molecule has 0 radical (unpaired) electrons. The van der Waals surface area contributed by atoms with E-state index in [1.807, 2.05) is 48.2 Å². The average Bonchev–Trinajstić information content (AvgIpc) is 3.16. The number of rotatable bonds is 7. The predicted molar refractivity (Wildman–Crippen MR) is 113 cm³/mol. The van der Waals surface area contributed by atoms with Crippen molar-refractivity contribution in [1.29, 1.82) is 0 Å². The fraction of sp³-hybridized carbons (Fsp3) is 0.318. The number of ketones is 1. The highest BCUT2D eigenvalue weighted by Gasteiger charge is 2.24. The molecule has 1 aliphatic carbocycles. The molecule has 0 bridgehead atoms. The molecule has 2 aliphatic rings. The van der Waals surface area contributed by atoms with Gasteiger partial charge in [0.2, 0.25) is 6.79 Å². The van der Waals surface area contributed by atoms with Gasteiger partial charge < -0.3 is 14.8 Å². The van der Waals surface area contributed by atoms with Crippen LogP contribution in [-0.4, -0.2) is 24.9 Å². The van der Waals surface area contributed by atoms with E-state index in [1.165, 1.54) is 0 Å². The zero-order valence-corrected chi connectivity index (χ0v) is 17.0. The maximum absolute atomic E-state index is 12.2. The first-order valence-corrected chi connectivity index (χ1v) is 10.9. The van der Waals surface area contributed by atoms with Crippen LogP contribution < -0.4 is 14.8 Å². The Morgan fingerprint density at radius 3 is 2.86 bits per heavy atom. The van der Waals surface area contributed by atoms with Gasteiger partial charge in [-0.3, -0.25) is 4.79 Å². The van der Waals surface area contributed by atoms with Crippen LogP contribution in [0.5, 0.6) is 11.5 Å². The van der Waals surface area contributed by atoms with Crippen molar-refractivity contribution in [3.63, 3.8) is 0 Å². The van der Waals surface area contributed by atoms with Crippen LogP contribution in [0.25, 0.3) is 0 Å². The number of ether oxygens (including phenoxy) is 2. The van der Waals surface area contributed by atoms with E-state index in [2.05, 4.69) is 11.4 Å². The standard InChI is InChI=1S/C22H22ClNO3S/c23-20-4-2-1-3-16(20)13-28-8-7-24-18-9-17(10-19(25)12-18)15-5-6-21-22(11-15)27-14-26-21/h1-6,11-12,17,24H,7-10,13-14H2/t17-/m1/s1. The molecule has 1 aliphatic heterocycles. The third-order valence-corrected chi connectivity index (χ3v) is 6.31. The minimum atomic E-state index is 0.167. The van der Waals surface area contributed by atoms with E-state index < -0.39 is 0 Å². The van der Waals surface area contributed by atoms with Crippen LogP contribution >= 0.6 is 23.4 Å². The van der Waals surface area contributed by atoms with Crippen LogP contribution in [0, 0.1) is 0 Å². The topological polar surface area (TPSA) is 47.6 Å². The van der Waals surface area contributed by atoms with Gasteiger partial charge in [0.25, 0.3) is 0 Å². The van der Waals surface area contributed by atoms with Gasteiger partial charge in [-0.2, -0.15) is 11.8 Å². The number of carbonyl (C=O) groups excluding carboxylic acids is 1. The molecule has 0 unspecified atom stereocenters. The van der Waals surface area contributed by atoms with E-state index in [1.54, 1.807) is 6.08 Å². The second-order valence-electron chi connectivity index (χ2n) is 6.92. The Morgan fingerprint density at radius 2 is 1.96 bits per heavy atom. The van der Waals surface area contributed by atoms with E-state index in [4.69, 9.17) is 21.1 Å². The first-order chi connectivity index (χ1) is 13.7. The fourth-order valence-corrected chi connectivity index (χ4v) is 4.64. The molecule has 146 valence electrons. The number of benzene rings is 2. The predicted octanol–water partition coefficient (Wildman–Crippen LogP) is 4.92. The van der Waals surface area contributed by atoms with Crippen LogP contribution in [0.1, 0.15) is 29.9 Å². The molecule has 6 heteroatoms. The number of hydrogen-bond acceptors (Lipinski definition) is 5. The molecule has 0 saturated heterocycles. The Morgan fingerprint density at radius 1 is 1.11 bits per heavy atom. The van der Waals surface area contributed by atoms with Crippen LogP contribution in [0.15, 0.2) is 54.2 Å². The molecule has 0 spiro atoms. The largest absolute Gasteiger partial charge is 0.454 e. The highest BCUT2D eigenvalue weighted by molar-refractivity contribution is 7.98. The molecule has 1 N–H and O–H groups in total. The first kappa shape index (κ1) is 19.2. The lowest BCUT2D eigenvalue weighted by Gasteiger charge is -2.23. The van der Waals surface area contributed by atoms with Crippen molar-refractivity contribution in [3.05, 3.63) is 70.4 Å². The van der Waals surface area contributed by atoms with Crippen LogP contribution in [0.4, 0.5) is 0 Å². The summed E-state index contributed by atoms with van der Waals surface area (Å²) in [7, 11) is 0. The van der Waals surface area contributed by atoms with Crippen molar-refractivity contribution in [1.82, 2.24) is 5.32 Å². The van der Waals surface area contributed by atoms with Crippen molar-refractivity contribution in [3.8, 4) is 11.5 Å². The average molecular weight is 416 g/mol. The zero-order valence-electron chi connectivity index (χ0n) is 15.4. The Balaban J connectivity index is 1.28. The summed E-state index contributed by atoms with van der Waals surface area (Å²) in [5.74, 6) is 3.72. The van der Waals surface area contributed by atoms with Crippen molar-refractivity contribution in [2.45, 2.75) is 24.5 Å². The Hall–Kier alpha value is -2.11. The lowest BCUT2D eigenvalue weighted by atomic mass is 9.85. The van der Waals surface area contributed by atoms with Gasteiger partial charge >= 0.3 is 0 Å². The molecule has 0 saturated carbocycles. The van der Waals surface area contributed by atoms with Gasteiger partial charge in [0.05, 0.1) is 0 Å². The van der Waals surface area contributed by atoms with Crippen LogP contribution in [0.3, 0.4) is 0 Å². The molecule has 0 fully saturated rings. The normalized spacial score (nSPS) is 18.1. The molecule has 28 heavy (non-hydrogen) atoms. The van der Waals surface area contributed by atoms with E-state index in [0.717, 1.165) is 57.8 Å². The number of halogens is 1. The van der Waals surface area contributed by atoms with Gasteiger partial charge in [0.1, 0.15) is 0 Å². The molecule has 1 atom stereocenters. The van der Waals surface area contributed by atoms with Crippen LogP contribution in [0.2, 0.25) is 5.02 Å². The molecule has 0 aromatic heterocycles. The lowest BCUT2D eigenvalue weighted by Crippen LogP contribution is -2.23. The molecule has 0 amide bonds. The number of nitrogens with one attached hydrogen (secondary N) is 1. The molecule has 4 rings (SSSR count). The summed E-state index contributed by atoms with van der Waals surface area (Å²) in [6.07, 6.45) is 3.12. The molecule has 4 nitrogen and oxygen atoms in total. The SMILES string of the molecule is O=C1C=C(NCCSCc2ccccc2Cl)C[C@@H](c2ccc3c(c2)OCO3)C1. The van der Waals surface area contributed by atoms with Crippen molar-refractivity contribution >= 4 is 29.1 Å². The number of carbonyl (C=O) groups is 1. The van der Waals surface area contributed by atoms with Gasteiger partial charge in [0, 0.05) is 41.3 Å². The summed E-state index contributed by atoms with van der Waals surface area (Å²) in [5, 5.41) is 4.25. The number of fused-ring (bicyclic) bond motifs is 1. The molecular formula is C22H22ClNO3S. The van der Waals surface area contributed by atoms with Gasteiger partial charge in [-0.1, -0.05) is 35.9 Å². The maximum Gasteiger partial charge on any atom is 0.231 e. The van der Waals surface area contributed by atoms with E-state index in [0.29, 0.717) is 6.42 Å². The summed E-state index contributed by atoms with van der Waals surface area (Å²) < 4.78 is 10.8. The van der Waals surface area contributed by atoms with E-state index >= 15 is 0 Å². The second-order valence-corrected chi connectivity index (χ2v) is 8.44. The quantitative estimate of drug-likeness (QED) is 0.650. The molecule has 2 aromatic rings. The molecule has 1 heterocycles. The Bertz CT molecular complexity index is 899. The van der Waals surface area contributed by atoms with Gasteiger partial charge in [-0.15, -0.1) is 0 Å². The Kier molecular flexibility index (Phi) is 6.13. The summed E-state index contributed by atoms with van der Waals surface area (Å²) in [6, 6.07) is 13.9. The number of allylic oxidation sites excluding steroid dienone is 2. The van der Waals surface area contributed by atoms with Gasteiger partial charge in [0.15, 0.2) is 17.3 Å². The maximum atomic E-state index is 12.2. The van der Waals surface area contributed by atoms with E-state index in [-0.39, 0.29) is 18.5 Å². The fourth-order valence-electron chi connectivity index (χ4n) is 3.50.